The summed E-state index contributed by atoms with van der Waals surface area (Å²) in [5.41, 5.74) is 1.32. The molecule has 0 aliphatic rings. The first-order valence-electron chi connectivity index (χ1n) is 6.42. The Labute approximate surface area is 114 Å². The van der Waals surface area contributed by atoms with E-state index in [1.54, 1.807) is 12.1 Å². The second kappa shape index (κ2) is 6.36. The molecule has 0 atom stereocenters. The third-order valence-corrected chi connectivity index (χ3v) is 2.79. The number of hydrogen-bond donors (Lipinski definition) is 0. The summed E-state index contributed by atoms with van der Waals surface area (Å²) in [7, 11) is 0. The number of hydrogen-bond acceptors (Lipinski definition) is 4. The van der Waals surface area contributed by atoms with Crippen LogP contribution in [0.15, 0.2) is 18.2 Å². The predicted molar refractivity (Wildman–Crippen MR) is 75.9 cm³/mol. The van der Waals surface area contributed by atoms with Gasteiger partial charge in [0.2, 0.25) is 0 Å². The topological polar surface area (TPSA) is 46.6 Å². The monoisotopic (exact) mass is 263 g/mol. The summed E-state index contributed by atoms with van der Waals surface area (Å²) >= 11 is 0. The molecule has 19 heavy (non-hydrogen) atoms. The number of rotatable bonds is 5. The van der Waals surface area contributed by atoms with Crippen molar-refractivity contribution in [3.63, 3.8) is 0 Å². The zero-order valence-corrected chi connectivity index (χ0v) is 12.1. The Morgan fingerprint density at radius 2 is 1.79 bits per heavy atom. The molecule has 0 unspecified atom stereocenters. The maximum atomic E-state index is 11.1. The molecule has 104 valence electrons. The molecular weight excluding hydrogens is 242 g/mol. The van der Waals surface area contributed by atoms with E-state index in [2.05, 4.69) is 32.6 Å². The predicted octanol–water partition coefficient (Wildman–Crippen LogP) is 3.05. The van der Waals surface area contributed by atoms with Crippen molar-refractivity contribution in [1.29, 1.82) is 0 Å². The van der Waals surface area contributed by atoms with Gasteiger partial charge in [-0.25, -0.2) is 0 Å². The highest BCUT2D eigenvalue weighted by Crippen LogP contribution is 2.27. The van der Waals surface area contributed by atoms with Crippen molar-refractivity contribution in [1.82, 2.24) is 0 Å². The lowest BCUT2D eigenvalue weighted by Gasteiger charge is -2.33. The first-order valence-corrected chi connectivity index (χ1v) is 6.42. The van der Waals surface area contributed by atoms with Gasteiger partial charge in [0.1, 0.15) is 5.75 Å². The van der Waals surface area contributed by atoms with Crippen LogP contribution in [0.5, 0.6) is 5.75 Å². The smallest absolute Gasteiger partial charge is 0.308 e. The zero-order valence-electron chi connectivity index (χ0n) is 12.1. The number of esters is 1. The van der Waals surface area contributed by atoms with Crippen LogP contribution in [0, 0.1) is 0 Å². The van der Waals surface area contributed by atoms with E-state index in [0.29, 0.717) is 29.7 Å². The van der Waals surface area contributed by atoms with Gasteiger partial charge in [-0.15, -0.1) is 0 Å². The Kier molecular flexibility index (Phi) is 5.10. The largest absolute Gasteiger partial charge is 0.426 e. The summed E-state index contributed by atoms with van der Waals surface area (Å²) in [5, 5.41) is 0. The van der Waals surface area contributed by atoms with Gasteiger partial charge in [0.25, 0.3) is 0 Å². The summed E-state index contributed by atoms with van der Waals surface area (Å²) in [6.45, 7) is 9.71. The molecule has 0 bridgehead atoms. The van der Waals surface area contributed by atoms with E-state index in [-0.39, 0.29) is 0 Å². The molecule has 0 N–H and O–H groups in total. The molecule has 0 aliphatic carbocycles. The van der Waals surface area contributed by atoms with Crippen LogP contribution in [-0.2, 0) is 4.79 Å². The average molecular weight is 263 g/mol. The maximum Gasteiger partial charge on any atom is 0.308 e. The van der Waals surface area contributed by atoms with Crippen LogP contribution in [-0.4, -0.2) is 24.3 Å². The maximum absolute atomic E-state index is 11.1. The van der Waals surface area contributed by atoms with Crippen molar-refractivity contribution in [2.45, 2.75) is 46.7 Å². The van der Waals surface area contributed by atoms with Gasteiger partial charge < -0.3 is 9.64 Å². The Balaban J connectivity index is 3.22. The first kappa shape index (κ1) is 15.2. The molecule has 1 rings (SSSR count). The second-order valence-electron chi connectivity index (χ2n) is 5.03. The minimum Gasteiger partial charge on any atom is -0.426 e. The van der Waals surface area contributed by atoms with E-state index >= 15 is 0 Å². The standard InChI is InChI=1S/C15H21NO3/c1-10(2)16(11(3)4)14-7-6-13(9-17)15(8-14)19-12(5)18/h6-11H,1-5H3. The molecule has 0 aliphatic heterocycles. The van der Waals surface area contributed by atoms with Gasteiger partial charge in [-0.05, 0) is 39.8 Å². The van der Waals surface area contributed by atoms with Gasteiger partial charge in [0.05, 0.1) is 5.56 Å². The summed E-state index contributed by atoms with van der Waals surface area (Å²) in [6, 6.07) is 5.92. The summed E-state index contributed by atoms with van der Waals surface area (Å²) < 4.78 is 5.09. The quantitative estimate of drug-likeness (QED) is 0.465. The van der Waals surface area contributed by atoms with E-state index in [1.165, 1.54) is 6.92 Å². The van der Waals surface area contributed by atoms with E-state index in [1.807, 2.05) is 6.07 Å². The van der Waals surface area contributed by atoms with Crippen LogP contribution in [0.2, 0.25) is 0 Å². The highest BCUT2D eigenvalue weighted by Gasteiger charge is 2.16. The molecule has 0 amide bonds. The number of carbonyl (C=O) groups is 2. The van der Waals surface area contributed by atoms with Crippen molar-refractivity contribution in [2.24, 2.45) is 0 Å². The van der Waals surface area contributed by atoms with Crippen LogP contribution in [0.4, 0.5) is 5.69 Å². The van der Waals surface area contributed by atoms with E-state index in [4.69, 9.17) is 4.74 Å². The lowest BCUT2D eigenvalue weighted by atomic mass is 10.1. The number of anilines is 1. The highest BCUT2D eigenvalue weighted by atomic mass is 16.5. The molecule has 1 aromatic carbocycles. The summed E-state index contributed by atoms with van der Waals surface area (Å²) in [4.78, 5) is 24.2. The van der Waals surface area contributed by atoms with Crippen LogP contribution in [0.1, 0.15) is 45.0 Å². The zero-order chi connectivity index (χ0) is 14.6. The molecule has 0 aromatic heterocycles. The number of ether oxygens (including phenoxy) is 1. The van der Waals surface area contributed by atoms with Crippen molar-refractivity contribution in [2.75, 3.05) is 4.90 Å². The number of benzene rings is 1. The molecule has 4 nitrogen and oxygen atoms in total. The van der Waals surface area contributed by atoms with Crippen LogP contribution >= 0.6 is 0 Å². The third-order valence-electron chi connectivity index (χ3n) is 2.79. The van der Waals surface area contributed by atoms with Crippen molar-refractivity contribution >= 4 is 17.9 Å². The molecular formula is C15H21NO3. The van der Waals surface area contributed by atoms with Crippen molar-refractivity contribution in [3.8, 4) is 5.75 Å². The van der Waals surface area contributed by atoms with E-state index in [0.717, 1.165) is 5.69 Å². The third kappa shape index (κ3) is 3.81. The molecule has 0 radical (unpaired) electrons. The first-order chi connectivity index (χ1) is 8.86. The Morgan fingerprint density at radius 1 is 1.21 bits per heavy atom. The normalized spacial score (nSPS) is 10.7. The fourth-order valence-electron chi connectivity index (χ4n) is 2.22. The van der Waals surface area contributed by atoms with Crippen LogP contribution in [0.25, 0.3) is 0 Å². The van der Waals surface area contributed by atoms with Crippen LogP contribution in [0.3, 0.4) is 0 Å². The molecule has 4 heteroatoms. The number of carbonyl (C=O) groups excluding carboxylic acids is 2. The molecule has 0 fully saturated rings. The fourth-order valence-corrected chi connectivity index (χ4v) is 2.22. The minimum absolute atomic E-state index is 0.311. The second-order valence-corrected chi connectivity index (χ2v) is 5.03. The van der Waals surface area contributed by atoms with Gasteiger partial charge in [-0.2, -0.15) is 0 Å². The SMILES string of the molecule is CC(=O)Oc1cc(N(C(C)C)C(C)C)ccc1C=O. The van der Waals surface area contributed by atoms with E-state index in [9.17, 15) is 9.59 Å². The fraction of sp³-hybridized carbons (Fsp3) is 0.467. The minimum atomic E-state index is -0.430. The average Bonchev–Trinajstić information content (AvgIpc) is 2.27. The Morgan fingerprint density at radius 3 is 2.21 bits per heavy atom. The molecule has 0 saturated carbocycles. The van der Waals surface area contributed by atoms with E-state index < -0.39 is 5.97 Å². The van der Waals surface area contributed by atoms with Crippen molar-refractivity contribution < 1.29 is 14.3 Å². The van der Waals surface area contributed by atoms with Gasteiger partial charge in [0, 0.05) is 30.8 Å². The van der Waals surface area contributed by atoms with Gasteiger partial charge in [0.15, 0.2) is 6.29 Å². The summed E-state index contributed by atoms with van der Waals surface area (Å²) in [5.74, 6) is -0.118. The Hall–Kier alpha value is -1.84. The van der Waals surface area contributed by atoms with Gasteiger partial charge >= 0.3 is 5.97 Å². The number of aldehydes is 1. The van der Waals surface area contributed by atoms with Gasteiger partial charge in [-0.1, -0.05) is 0 Å². The number of nitrogens with zero attached hydrogens (tertiary/aromatic N) is 1. The Bertz CT molecular complexity index is 458. The van der Waals surface area contributed by atoms with Crippen molar-refractivity contribution in [3.05, 3.63) is 23.8 Å². The summed E-state index contributed by atoms with van der Waals surface area (Å²) in [6.07, 6.45) is 0.692. The molecule has 0 spiro atoms. The lowest BCUT2D eigenvalue weighted by molar-refractivity contribution is -0.131. The van der Waals surface area contributed by atoms with Gasteiger partial charge in [-0.3, -0.25) is 9.59 Å². The highest BCUT2D eigenvalue weighted by molar-refractivity contribution is 5.83. The molecule has 0 heterocycles. The molecule has 0 saturated heterocycles. The lowest BCUT2D eigenvalue weighted by Crippen LogP contribution is -2.37. The van der Waals surface area contributed by atoms with Crippen LogP contribution < -0.4 is 9.64 Å². The molecule has 1 aromatic rings.